The van der Waals surface area contributed by atoms with Gasteiger partial charge in [0.05, 0.1) is 5.57 Å². The highest BCUT2D eigenvalue weighted by molar-refractivity contribution is 5.97. The lowest BCUT2D eigenvalue weighted by Crippen LogP contribution is -1.93. The molecular formula is C8H9NO. The van der Waals surface area contributed by atoms with Crippen molar-refractivity contribution >= 4 is 5.78 Å². The smallest absolute Gasteiger partial charge is 0.169 e. The number of rotatable bonds is 2. The van der Waals surface area contributed by atoms with E-state index >= 15 is 0 Å². The molecule has 52 valence electrons. The van der Waals surface area contributed by atoms with E-state index in [0.717, 1.165) is 12.8 Å². The van der Waals surface area contributed by atoms with Crippen LogP contribution in [0.2, 0.25) is 0 Å². The fourth-order valence-corrected chi connectivity index (χ4v) is 0.732. The Hall–Kier alpha value is -1.10. The molecule has 2 nitrogen and oxygen atoms in total. The van der Waals surface area contributed by atoms with Crippen LogP contribution in [-0.4, -0.2) is 5.78 Å². The SMILES string of the molecule is CC(=O)/C(C#N)=C/C1CC1. The molecular weight excluding hydrogens is 126 g/mol. The van der Waals surface area contributed by atoms with Gasteiger partial charge in [0.1, 0.15) is 6.07 Å². The van der Waals surface area contributed by atoms with Crippen molar-refractivity contribution in [2.45, 2.75) is 19.8 Å². The van der Waals surface area contributed by atoms with Crippen LogP contribution in [0.5, 0.6) is 0 Å². The second kappa shape index (κ2) is 2.66. The zero-order chi connectivity index (χ0) is 7.56. The van der Waals surface area contributed by atoms with E-state index in [0.29, 0.717) is 11.5 Å². The molecule has 2 heteroatoms. The van der Waals surface area contributed by atoms with Crippen molar-refractivity contribution in [3.63, 3.8) is 0 Å². The molecule has 0 bridgehead atoms. The van der Waals surface area contributed by atoms with Gasteiger partial charge in [0.2, 0.25) is 0 Å². The standard InChI is InChI=1S/C8H9NO/c1-6(10)8(5-9)4-7-2-3-7/h4,7H,2-3H2,1H3/b8-4+. The Morgan fingerprint density at radius 1 is 1.70 bits per heavy atom. The van der Waals surface area contributed by atoms with Gasteiger partial charge in [0.25, 0.3) is 0 Å². The number of hydrogen-bond acceptors (Lipinski definition) is 2. The van der Waals surface area contributed by atoms with E-state index in [1.807, 2.05) is 6.07 Å². The fraction of sp³-hybridized carbons (Fsp3) is 0.500. The molecule has 1 rings (SSSR count). The highest BCUT2D eigenvalue weighted by Gasteiger charge is 2.20. The molecule has 0 aromatic carbocycles. The number of nitrogens with zero attached hydrogens (tertiary/aromatic N) is 1. The Morgan fingerprint density at radius 2 is 2.30 bits per heavy atom. The minimum Gasteiger partial charge on any atom is -0.294 e. The van der Waals surface area contributed by atoms with E-state index in [4.69, 9.17) is 5.26 Å². The normalized spacial score (nSPS) is 18.2. The van der Waals surface area contributed by atoms with Gasteiger partial charge in [-0.25, -0.2) is 0 Å². The van der Waals surface area contributed by atoms with E-state index < -0.39 is 0 Å². The summed E-state index contributed by atoms with van der Waals surface area (Å²) in [6, 6.07) is 1.88. The van der Waals surface area contributed by atoms with E-state index in [1.165, 1.54) is 6.92 Å². The summed E-state index contributed by atoms with van der Waals surface area (Å²) < 4.78 is 0. The summed E-state index contributed by atoms with van der Waals surface area (Å²) in [6.45, 7) is 1.43. The molecule has 0 radical (unpaired) electrons. The molecule has 0 spiro atoms. The first-order valence-corrected chi connectivity index (χ1v) is 3.37. The molecule has 0 aliphatic heterocycles. The molecule has 0 aromatic rings. The summed E-state index contributed by atoms with van der Waals surface area (Å²) in [5.41, 5.74) is 0.322. The lowest BCUT2D eigenvalue weighted by molar-refractivity contribution is -0.113. The first-order valence-electron chi connectivity index (χ1n) is 3.37. The van der Waals surface area contributed by atoms with E-state index in [1.54, 1.807) is 6.08 Å². The molecule has 1 fully saturated rings. The predicted molar refractivity (Wildman–Crippen MR) is 37.1 cm³/mol. The summed E-state index contributed by atoms with van der Waals surface area (Å²) in [5, 5.41) is 8.43. The molecule has 0 N–H and O–H groups in total. The lowest BCUT2D eigenvalue weighted by Gasteiger charge is -1.86. The highest BCUT2D eigenvalue weighted by atomic mass is 16.1. The van der Waals surface area contributed by atoms with Crippen LogP contribution in [0, 0.1) is 17.2 Å². The minimum absolute atomic E-state index is 0.116. The fourth-order valence-electron chi connectivity index (χ4n) is 0.732. The van der Waals surface area contributed by atoms with Gasteiger partial charge in [-0.15, -0.1) is 0 Å². The number of carbonyl (C=O) groups is 1. The molecule has 1 aliphatic carbocycles. The lowest BCUT2D eigenvalue weighted by atomic mass is 10.1. The average molecular weight is 135 g/mol. The van der Waals surface area contributed by atoms with Gasteiger partial charge in [-0.1, -0.05) is 6.08 Å². The third kappa shape index (κ3) is 1.70. The van der Waals surface area contributed by atoms with Gasteiger partial charge in [-0.2, -0.15) is 5.26 Å². The zero-order valence-electron chi connectivity index (χ0n) is 5.92. The largest absolute Gasteiger partial charge is 0.294 e. The third-order valence-electron chi connectivity index (χ3n) is 1.52. The zero-order valence-corrected chi connectivity index (χ0v) is 5.92. The van der Waals surface area contributed by atoms with Crippen LogP contribution in [0.3, 0.4) is 0 Å². The van der Waals surface area contributed by atoms with Gasteiger partial charge < -0.3 is 0 Å². The van der Waals surface area contributed by atoms with Crippen LogP contribution in [0.15, 0.2) is 11.6 Å². The molecule has 0 amide bonds. The maximum atomic E-state index is 10.6. The van der Waals surface area contributed by atoms with E-state index in [2.05, 4.69) is 0 Å². The van der Waals surface area contributed by atoms with Gasteiger partial charge in [0.15, 0.2) is 5.78 Å². The van der Waals surface area contributed by atoms with Crippen LogP contribution in [0.4, 0.5) is 0 Å². The number of nitriles is 1. The molecule has 0 unspecified atom stereocenters. The van der Waals surface area contributed by atoms with Crippen LogP contribution < -0.4 is 0 Å². The Morgan fingerprint density at radius 3 is 2.60 bits per heavy atom. The highest BCUT2D eigenvalue weighted by Crippen LogP contribution is 2.31. The van der Waals surface area contributed by atoms with Crippen LogP contribution in [-0.2, 0) is 4.79 Å². The predicted octanol–water partition coefficient (Wildman–Crippen LogP) is 1.44. The average Bonchev–Trinajstić information content (AvgIpc) is 2.64. The summed E-state index contributed by atoms with van der Waals surface area (Å²) in [4.78, 5) is 10.6. The number of carbonyl (C=O) groups excluding carboxylic acids is 1. The molecule has 0 heterocycles. The Kier molecular flexibility index (Phi) is 1.86. The maximum absolute atomic E-state index is 10.6. The third-order valence-corrected chi connectivity index (χ3v) is 1.52. The summed E-state index contributed by atoms with van der Waals surface area (Å²) in [7, 11) is 0. The second-order valence-corrected chi connectivity index (χ2v) is 2.59. The van der Waals surface area contributed by atoms with Crippen molar-refractivity contribution in [1.82, 2.24) is 0 Å². The molecule has 0 atom stereocenters. The second-order valence-electron chi connectivity index (χ2n) is 2.59. The monoisotopic (exact) mass is 135 g/mol. The first kappa shape index (κ1) is 7.01. The summed E-state index contributed by atoms with van der Waals surface area (Å²) in [6.07, 6.45) is 4.05. The first-order chi connectivity index (χ1) is 4.74. The summed E-state index contributed by atoms with van der Waals surface area (Å²) >= 11 is 0. The molecule has 10 heavy (non-hydrogen) atoms. The number of ketones is 1. The van der Waals surface area contributed by atoms with Crippen LogP contribution >= 0.6 is 0 Å². The van der Waals surface area contributed by atoms with Crippen molar-refractivity contribution in [3.05, 3.63) is 11.6 Å². The van der Waals surface area contributed by atoms with Crippen molar-refractivity contribution in [1.29, 1.82) is 5.26 Å². The maximum Gasteiger partial charge on any atom is 0.169 e. The topological polar surface area (TPSA) is 40.9 Å². The number of Topliss-reactive ketones (excluding diaryl/α,β-unsaturated/α-hetero) is 1. The molecule has 0 saturated heterocycles. The summed E-state index contributed by atoms with van der Waals surface area (Å²) in [5.74, 6) is 0.396. The van der Waals surface area contributed by atoms with Crippen molar-refractivity contribution in [2.24, 2.45) is 5.92 Å². The van der Waals surface area contributed by atoms with Crippen molar-refractivity contribution in [3.8, 4) is 6.07 Å². The van der Waals surface area contributed by atoms with Gasteiger partial charge in [-0.3, -0.25) is 4.79 Å². The van der Waals surface area contributed by atoms with Crippen molar-refractivity contribution < 1.29 is 4.79 Å². The molecule has 1 saturated carbocycles. The van der Waals surface area contributed by atoms with E-state index in [9.17, 15) is 4.79 Å². The minimum atomic E-state index is -0.116. The van der Waals surface area contributed by atoms with Gasteiger partial charge in [0, 0.05) is 0 Å². The van der Waals surface area contributed by atoms with Crippen LogP contribution in [0.1, 0.15) is 19.8 Å². The van der Waals surface area contributed by atoms with Gasteiger partial charge >= 0.3 is 0 Å². The Balaban J connectivity index is 2.64. The Bertz CT molecular complexity index is 218. The van der Waals surface area contributed by atoms with E-state index in [-0.39, 0.29) is 5.78 Å². The molecule has 1 aliphatic rings. The van der Waals surface area contributed by atoms with Crippen molar-refractivity contribution in [2.75, 3.05) is 0 Å². The van der Waals surface area contributed by atoms with Gasteiger partial charge in [-0.05, 0) is 25.7 Å². The molecule has 0 aromatic heterocycles. The quantitative estimate of drug-likeness (QED) is 0.424. The van der Waals surface area contributed by atoms with Crippen LogP contribution in [0.25, 0.3) is 0 Å². The number of hydrogen-bond donors (Lipinski definition) is 0. The number of allylic oxidation sites excluding steroid dienone is 2. The Labute approximate surface area is 60.2 Å².